The second-order valence-corrected chi connectivity index (χ2v) is 5.35. The van der Waals surface area contributed by atoms with Gasteiger partial charge in [0.15, 0.2) is 11.6 Å². The molecule has 3 rings (SSSR count). The number of hydrogen-bond donors (Lipinski definition) is 1. The third-order valence-corrected chi connectivity index (χ3v) is 3.39. The number of pyridine rings is 1. The van der Waals surface area contributed by atoms with Crippen LogP contribution in [0, 0.1) is 19.7 Å². The molecule has 6 heteroatoms. The number of nitrogens with zero attached hydrogens (tertiary/aromatic N) is 3. The highest BCUT2D eigenvalue weighted by Crippen LogP contribution is 2.24. The van der Waals surface area contributed by atoms with Gasteiger partial charge in [-0.15, -0.1) is 0 Å². The molecule has 24 heavy (non-hydrogen) atoms. The minimum atomic E-state index is -0.426. The van der Waals surface area contributed by atoms with Crippen LogP contribution in [0.25, 0.3) is 0 Å². The van der Waals surface area contributed by atoms with Crippen molar-refractivity contribution >= 4 is 5.82 Å². The van der Waals surface area contributed by atoms with Crippen molar-refractivity contribution in [3.8, 4) is 11.5 Å². The molecule has 0 spiro atoms. The van der Waals surface area contributed by atoms with E-state index in [1.807, 2.05) is 13.8 Å². The lowest BCUT2D eigenvalue weighted by Gasteiger charge is -2.10. The molecule has 0 saturated carbocycles. The molecular weight excluding hydrogens is 307 g/mol. The summed E-state index contributed by atoms with van der Waals surface area (Å²) in [6.45, 7) is 4.20. The molecule has 122 valence electrons. The van der Waals surface area contributed by atoms with E-state index in [0.29, 0.717) is 18.1 Å². The van der Waals surface area contributed by atoms with Crippen LogP contribution >= 0.6 is 0 Å². The number of ether oxygens (including phenoxy) is 1. The summed E-state index contributed by atoms with van der Waals surface area (Å²) in [5, 5.41) is 3.18. The van der Waals surface area contributed by atoms with Gasteiger partial charge < -0.3 is 10.1 Å². The normalized spacial score (nSPS) is 10.5. The van der Waals surface area contributed by atoms with E-state index >= 15 is 0 Å². The van der Waals surface area contributed by atoms with E-state index in [1.54, 1.807) is 36.7 Å². The Morgan fingerprint density at radius 3 is 2.79 bits per heavy atom. The molecule has 0 unspecified atom stereocenters. The molecule has 0 aliphatic heterocycles. The number of nitrogens with one attached hydrogen (secondary N) is 1. The average molecular weight is 324 g/mol. The molecule has 1 N–H and O–H groups in total. The summed E-state index contributed by atoms with van der Waals surface area (Å²) in [7, 11) is 0. The minimum Gasteiger partial charge on any atom is -0.453 e. The van der Waals surface area contributed by atoms with Crippen LogP contribution in [-0.4, -0.2) is 15.0 Å². The van der Waals surface area contributed by atoms with Gasteiger partial charge in [0.2, 0.25) is 0 Å². The van der Waals surface area contributed by atoms with Gasteiger partial charge in [0.1, 0.15) is 11.6 Å². The van der Waals surface area contributed by atoms with Crippen molar-refractivity contribution in [2.24, 2.45) is 0 Å². The fourth-order valence-electron chi connectivity index (χ4n) is 2.16. The highest BCUT2D eigenvalue weighted by Gasteiger charge is 2.07. The van der Waals surface area contributed by atoms with Gasteiger partial charge in [0, 0.05) is 18.9 Å². The lowest BCUT2D eigenvalue weighted by Crippen LogP contribution is -2.05. The topological polar surface area (TPSA) is 59.9 Å². The van der Waals surface area contributed by atoms with Crippen molar-refractivity contribution in [2.75, 3.05) is 5.32 Å². The highest BCUT2D eigenvalue weighted by atomic mass is 19.1. The Morgan fingerprint density at radius 1 is 1.17 bits per heavy atom. The van der Waals surface area contributed by atoms with Crippen molar-refractivity contribution in [1.82, 2.24) is 15.0 Å². The molecule has 0 amide bonds. The smallest absolute Gasteiger partial charge is 0.166 e. The van der Waals surface area contributed by atoms with Gasteiger partial charge in [0.05, 0.1) is 17.6 Å². The van der Waals surface area contributed by atoms with Gasteiger partial charge in [-0.2, -0.15) is 0 Å². The van der Waals surface area contributed by atoms with E-state index in [0.717, 1.165) is 17.0 Å². The van der Waals surface area contributed by atoms with Crippen molar-refractivity contribution in [3.63, 3.8) is 0 Å². The molecule has 0 bridgehead atoms. The second kappa shape index (κ2) is 7.04. The summed E-state index contributed by atoms with van der Waals surface area (Å²) >= 11 is 0. The first kappa shape index (κ1) is 15.9. The van der Waals surface area contributed by atoms with Crippen LogP contribution < -0.4 is 10.1 Å². The predicted molar refractivity (Wildman–Crippen MR) is 89.5 cm³/mol. The largest absolute Gasteiger partial charge is 0.453 e. The number of benzene rings is 1. The van der Waals surface area contributed by atoms with E-state index < -0.39 is 5.82 Å². The Kier molecular flexibility index (Phi) is 4.65. The molecular formula is C18H17FN4O. The van der Waals surface area contributed by atoms with E-state index in [2.05, 4.69) is 20.3 Å². The fourth-order valence-corrected chi connectivity index (χ4v) is 2.16. The maximum absolute atomic E-state index is 14.2. The molecule has 1 aromatic carbocycles. The van der Waals surface area contributed by atoms with Gasteiger partial charge in [-0.1, -0.05) is 6.07 Å². The Bertz CT molecular complexity index is 840. The molecule has 3 aromatic rings. The van der Waals surface area contributed by atoms with Crippen molar-refractivity contribution in [2.45, 2.75) is 20.4 Å². The van der Waals surface area contributed by atoms with Crippen LogP contribution in [0.15, 0.2) is 48.9 Å². The number of aromatic nitrogens is 3. The molecule has 0 saturated heterocycles. The maximum atomic E-state index is 14.2. The second-order valence-electron chi connectivity index (χ2n) is 5.35. The first-order chi connectivity index (χ1) is 11.6. The van der Waals surface area contributed by atoms with Crippen LogP contribution in [0.2, 0.25) is 0 Å². The first-order valence-electron chi connectivity index (χ1n) is 7.52. The summed E-state index contributed by atoms with van der Waals surface area (Å²) in [6.07, 6.45) is 4.88. The summed E-state index contributed by atoms with van der Waals surface area (Å²) in [5.41, 5.74) is 2.42. The Labute approximate surface area is 139 Å². The van der Waals surface area contributed by atoms with E-state index in [1.165, 1.54) is 12.3 Å². The molecule has 2 heterocycles. The van der Waals surface area contributed by atoms with Crippen molar-refractivity contribution in [1.29, 1.82) is 0 Å². The molecule has 0 aliphatic rings. The Morgan fingerprint density at radius 2 is 2.04 bits per heavy atom. The quantitative estimate of drug-likeness (QED) is 0.768. The van der Waals surface area contributed by atoms with E-state index in [9.17, 15) is 4.39 Å². The minimum absolute atomic E-state index is 0.165. The molecule has 0 fully saturated rings. The zero-order chi connectivity index (χ0) is 16.9. The molecule has 0 aliphatic carbocycles. The predicted octanol–water partition coefficient (Wildman–Crippen LogP) is 4.03. The zero-order valence-electron chi connectivity index (χ0n) is 13.5. The fraction of sp³-hybridized carbons (Fsp3) is 0.167. The van der Waals surface area contributed by atoms with Crippen molar-refractivity contribution in [3.05, 3.63) is 71.7 Å². The molecule has 0 atom stereocenters. The lowest BCUT2D eigenvalue weighted by atomic mass is 10.2. The highest BCUT2D eigenvalue weighted by molar-refractivity contribution is 5.41. The van der Waals surface area contributed by atoms with Gasteiger partial charge >= 0.3 is 0 Å². The summed E-state index contributed by atoms with van der Waals surface area (Å²) in [6, 6.07) is 8.31. The van der Waals surface area contributed by atoms with Crippen LogP contribution in [0.5, 0.6) is 11.5 Å². The Balaban J connectivity index is 1.69. The van der Waals surface area contributed by atoms with E-state index in [-0.39, 0.29) is 5.75 Å². The van der Waals surface area contributed by atoms with Crippen LogP contribution in [0.1, 0.15) is 17.0 Å². The third-order valence-electron chi connectivity index (χ3n) is 3.39. The number of aryl methyl sites for hydroxylation is 2. The summed E-state index contributed by atoms with van der Waals surface area (Å²) in [4.78, 5) is 12.6. The lowest BCUT2D eigenvalue weighted by molar-refractivity contribution is 0.440. The number of halogens is 1. The number of anilines is 1. The van der Waals surface area contributed by atoms with Crippen molar-refractivity contribution < 1.29 is 9.13 Å². The van der Waals surface area contributed by atoms with Gasteiger partial charge in [0.25, 0.3) is 0 Å². The first-order valence-corrected chi connectivity index (χ1v) is 7.52. The van der Waals surface area contributed by atoms with Gasteiger partial charge in [-0.25, -0.2) is 9.37 Å². The maximum Gasteiger partial charge on any atom is 0.166 e. The van der Waals surface area contributed by atoms with E-state index in [4.69, 9.17) is 4.74 Å². The van der Waals surface area contributed by atoms with Crippen LogP contribution in [-0.2, 0) is 6.54 Å². The number of hydrogen-bond acceptors (Lipinski definition) is 5. The number of rotatable bonds is 5. The van der Waals surface area contributed by atoms with Gasteiger partial charge in [-0.3, -0.25) is 9.97 Å². The van der Waals surface area contributed by atoms with Crippen LogP contribution in [0.4, 0.5) is 10.2 Å². The standard InChI is InChI=1S/C18H17FN4O/c1-12-9-21-13(2)18(23-12)22-10-14-5-6-17(16(19)8-14)24-15-4-3-7-20-11-15/h3-9,11H,10H2,1-2H3,(H,22,23). The molecule has 5 nitrogen and oxygen atoms in total. The third kappa shape index (κ3) is 3.84. The van der Waals surface area contributed by atoms with Crippen LogP contribution in [0.3, 0.4) is 0 Å². The summed E-state index contributed by atoms with van der Waals surface area (Å²) < 4.78 is 19.7. The van der Waals surface area contributed by atoms with Gasteiger partial charge in [-0.05, 0) is 43.7 Å². The molecule has 2 aromatic heterocycles. The molecule has 0 radical (unpaired) electrons. The summed E-state index contributed by atoms with van der Waals surface area (Å²) in [5.74, 6) is 0.933. The Hall–Kier alpha value is -3.02. The zero-order valence-corrected chi connectivity index (χ0v) is 13.5. The SMILES string of the molecule is Cc1cnc(C)c(NCc2ccc(Oc3cccnc3)c(F)c2)n1. The average Bonchev–Trinajstić information content (AvgIpc) is 2.59. The monoisotopic (exact) mass is 324 g/mol.